The van der Waals surface area contributed by atoms with Gasteiger partial charge in [-0.15, -0.1) is 0 Å². The quantitative estimate of drug-likeness (QED) is 0.489. The molecule has 4 aromatic rings. The highest BCUT2D eigenvalue weighted by atomic mass is 15.2. The van der Waals surface area contributed by atoms with E-state index in [4.69, 9.17) is 4.98 Å². The number of benzene rings is 3. The molecule has 0 bridgehead atoms. The summed E-state index contributed by atoms with van der Waals surface area (Å²) in [5, 5.41) is 2.63. The van der Waals surface area contributed by atoms with Crippen molar-refractivity contribution in [3.63, 3.8) is 0 Å². The second kappa shape index (κ2) is 6.82. The van der Waals surface area contributed by atoms with E-state index in [1.807, 2.05) is 0 Å². The Hall–Kier alpha value is -2.65. The van der Waals surface area contributed by atoms with E-state index in [1.165, 1.54) is 53.6 Å². The lowest BCUT2D eigenvalue weighted by molar-refractivity contribution is 0.249. The zero-order valence-electron chi connectivity index (χ0n) is 15.8. The molecule has 0 radical (unpaired) electrons. The van der Waals surface area contributed by atoms with Gasteiger partial charge in [0, 0.05) is 0 Å². The van der Waals surface area contributed by atoms with Crippen molar-refractivity contribution in [3.8, 4) is 0 Å². The Morgan fingerprint density at radius 1 is 0.889 bits per heavy atom. The molecule has 1 saturated heterocycles. The van der Waals surface area contributed by atoms with Gasteiger partial charge in [-0.2, -0.15) is 0 Å². The first kappa shape index (κ1) is 16.5. The smallest absolute Gasteiger partial charge is 0.127 e. The topological polar surface area (TPSA) is 21.1 Å². The number of aromatic nitrogens is 2. The van der Waals surface area contributed by atoms with Crippen molar-refractivity contribution in [2.24, 2.45) is 0 Å². The van der Waals surface area contributed by atoms with Crippen molar-refractivity contribution >= 4 is 21.8 Å². The number of nitrogens with zero attached hydrogens (tertiary/aromatic N) is 3. The van der Waals surface area contributed by atoms with Crippen LogP contribution in [-0.4, -0.2) is 27.5 Å². The van der Waals surface area contributed by atoms with Gasteiger partial charge in [0.2, 0.25) is 0 Å². The Morgan fingerprint density at radius 2 is 1.63 bits per heavy atom. The number of para-hydroxylation sites is 2. The third-order valence-corrected chi connectivity index (χ3v) is 5.95. The SMILES string of the molecule is CC(c1nc2ccccc2n1Cc1cccc2ccccc12)N1CCCC1. The molecule has 2 heterocycles. The second-order valence-electron chi connectivity index (χ2n) is 7.60. The van der Waals surface area contributed by atoms with Crippen molar-refractivity contribution in [3.05, 3.63) is 78.1 Å². The number of likely N-dealkylation sites (tertiary alicyclic amines) is 1. The van der Waals surface area contributed by atoms with E-state index in [0.717, 1.165) is 12.1 Å². The van der Waals surface area contributed by atoms with Crippen LogP contribution < -0.4 is 0 Å². The molecule has 0 aliphatic carbocycles. The Labute approximate surface area is 160 Å². The van der Waals surface area contributed by atoms with E-state index in [-0.39, 0.29) is 0 Å². The summed E-state index contributed by atoms with van der Waals surface area (Å²) in [4.78, 5) is 7.62. The Balaban J connectivity index is 1.64. The Bertz CT molecular complexity index is 1080. The normalized spacial score (nSPS) is 16.3. The van der Waals surface area contributed by atoms with Crippen molar-refractivity contribution < 1.29 is 0 Å². The molecule has 1 aliphatic heterocycles. The first-order valence-corrected chi connectivity index (χ1v) is 9.97. The van der Waals surface area contributed by atoms with E-state index in [9.17, 15) is 0 Å². The van der Waals surface area contributed by atoms with E-state index in [2.05, 4.69) is 83.1 Å². The molecule has 1 fully saturated rings. The molecule has 0 amide bonds. The number of hydrogen-bond donors (Lipinski definition) is 0. The van der Waals surface area contributed by atoms with E-state index in [1.54, 1.807) is 0 Å². The number of rotatable bonds is 4. The van der Waals surface area contributed by atoms with Crippen molar-refractivity contribution in [1.82, 2.24) is 14.5 Å². The molecule has 3 heteroatoms. The molecular formula is C24H25N3. The van der Waals surface area contributed by atoms with Crippen LogP contribution in [0.3, 0.4) is 0 Å². The van der Waals surface area contributed by atoms with Crippen molar-refractivity contribution in [2.75, 3.05) is 13.1 Å². The maximum absolute atomic E-state index is 5.05. The van der Waals surface area contributed by atoms with Crippen LogP contribution in [0.4, 0.5) is 0 Å². The number of imidazole rings is 1. The summed E-state index contributed by atoms with van der Waals surface area (Å²) in [6.07, 6.45) is 2.60. The third-order valence-electron chi connectivity index (χ3n) is 5.95. The molecule has 1 aromatic heterocycles. The highest BCUT2D eigenvalue weighted by molar-refractivity contribution is 5.86. The van der Waals surface area contributed by atoms with Gasteiger partial charge in [0.25, 0.3) is 0 Å². The lowest BCUT2D eigenvalue weighted by Crippen LogP contribution is -2.26. The van der Waals surface area contributed by atoms with Crippen molar-refractivity contribution in [2.45, 2.75) is 32.4 Å². The van der Waals surface area contributed by atoms with Gasteiger partial charge in [-0.3, -0.25) is 4.90 Å². The molecule has 0 spiro atoms. The third kappa shape index (κ3) is 2.92. The predicted octanol–water partition coefficient (Wildman–Crippen LogP) is 5.39. The van der Waals surface area contributed by atoms with Gasteiger partial charge in [0.05, 0.1) is 23.6 Å². The molecule has 27 heavy (non-hydrogen) atoms. The molecule has 136 valence electrons. The van der Waals surface area contributed by atoms with Gasteiger partial charge < -0.3 is 4.57 Å². The minimum Gasteiger partial charge on any atom is -0.322 e. The highest BCUT2D eigenvalue weighted by Gasteiger charge is 2.24. The maximum atomic E-state index is 5.05. The molecule has 0 N–H and O–H groups in total. The summed E-state index contributed by atoms with van der Waals surface area (Å²) in [7, 11) is 0. The zero-order valence-corrected chi connectivity index (χ0v) is 15.8. The average molecular weight is 355 g/mol. The molecule has 3 aromatic carbocycles. The van der Waals surface area contributed by atoms with Crippen LogP contribution in [0.1, 0.15) is 37.2 Å². The minimum absolute atomic E-state index is 0.342. The van der Waals surface area contributed by atoms with Crippen LogP contribution in [0.2, 0.25) is 0 Å². The molecular weight excluding hydrogens is 330 g/mol. The number of hydrogen-bond acceptors (Lipinski definition) is 2. The van der Waals surface area contributed by atoms with Crippen LogP contribution in [0.15, 0.2) is 66.7 Å². The van der Waals surface area contributed by atoms with Gasteiger partial charge in [0.1, 0.15) is 5.82 Å². The molecule has 1 unspecified atom stereocenters. The van der Waals surface area contributed by atoms with Crippen LogP contribution >= 0.6 is 0 Å². The first-order valence-electron chi connectivity index (χ1n) is 9.97. The van der Waals surface area contributed by atoms with Gasteiger partial charge in [-0.25, -0.2) is 4.98 Å². The average Bonchev–Trinajstić information content (AvgIpc) is 3.37. The van der Waals surface area contributed by atoms with E-state index >= 15 is 0 Å². The maximum Gasteiger partial charge on any atom is 0.127 e. The summed E-state index contributed by atoms with van der Waals surface area (Å²) in [6, 6.07) is 24.2. The van der Waals surface area contributed by atoms with Gasteiger partial charge in [0.15, 0.2) is 0 Å². The molecule has 5 rings (SSSR count). The summed E-state index contributed by atoms with van der Waals surface area (Å²) >= 11 is 0. The Morgan fingerprint density at radius 3 is 2.52 bits per heavy atom. The fourth-order valence-corrected chi connectivity index (χ4v) is 4.47. The van der Waals surface area contributed by atoms with E-state index in [0.29, 0.717) is 6.04 Å². The summed E-state index contributed by atoms with van der Waals surface area (Å²) in [5.74, 6) is 1.19. The monoisotopic (exact) mass is 355 g/mol. The second-order valence-corrected chi connectivity index (χ2v) is 7.60. The summed E-state index contributed by atoms with van der Waals surface area (Å²) in [6.45, 7) is 5.53. The lowest BCUT2D eigenvalue weighted by Gasteiger charge is -2.24. The fourth-order valence-electron chi connectivity index (χ4n) is 4.47. The predicted molar refractivity (Wildman–Crippen MR) is 112 cm³/mol. The molecule has 3 nitrogen and oxygen atoms in total. The van der Waals surface area contributed by atoms with Gasteiger partial charge in [-0.1, -0.05) is 54.6 Å². The fraction of sp³-hybridized carbons (Fsp3) is 0.292. The first-order chi connectivity index (χ1) is 13.3. The van der Waals surface area contributed by atoms with Crippen LogP contribution in [0.25, 0.3) is 21.8 Å². The molecule has 1 atom stereocenters. The van der Waals surface area contributed by atoms with Crippen LogP contribution in [0, 0.1) is 0 Å². The van der Waals surface area contributed by atoms with Crippen LogP contribution in [-0.2, 0) is 6.54 Å². The highest BCUT2D eigenvalue weighted by Crippen LogP contribution is 2.29. The van der Waals surface area contributed by atoms with Gasteiger partial charge >= 0.3 is 0 Å². The van der Waals surface area contributed by atoms with Crippen LogP contribution in [0.5, 0.6) is 0 Å². The summed E-state index contributed by atoms with van der Waals surface area (Å²) < 4.78 is 2.43. The number of fused-ring (bicyclic) bond motifs is 2. The standard InChI is InChI=1S/C24H25N3/c1-18(26-15-6-7-16-26)24-25-22-13-4-5-14-23(22)27(24)17-20-11-8-10-19-9-2-3-12-21(19)20/h2-5,8-14,18H,6-7,15-17H2,1H3. The zero-order chi connectivity index (χ0) is 18.2. The van der Waals surface area contributed by atoms with Gasteiger partial charge in [-0.05, 0) is 61.3 Å². The lowest BCUT2D eigenvalue weighted by atomic mass is 10.0. The summed E-state index contributed by atoms with van der Waals surface area (Å²) in [5.41, 5.74) is 3.68. The minimum atomic E-state index is 0.342. The van der Waals surface area contributed by atoms with E-state index < -0.39 is 0 Å². The molecule has 0 saturated carbocycles. The molecule has 1 aliphatic rings. The Kier molecular flexibility index (Phi) is 4.17. The van der Waals surface area contributed by atoms with Crippen molar-refractivity contribution in [1.29, 1.82) is 0 Å². The largest absolute Gasteiger partial charge is 0.322 e.